The fourth-order valence-corrected chi connectivity index (χ4v) is 4.41. The summed E-state index contributed by atoms with van der Waals surface area (Å²) in [5.74, 6) is 0.608. The molecular formula is C21H28N2O4S2. The molecular weight excluding hydrogens is 408 g/mol. The average molecular weight is 437 g/mol. The highest BCUT2D eigenvalue weighted by Gasteiger charge is 2.16. The zero-order valence-electron chi connectivity index (χ0n) is 17.0. The highest BCUT2D eigenvalue weighted by atomic mass is 32.2. The van der Waals surface area contributed by atoms with Gasteiger partial charge in [-0.2, -0.15) is 0 Å². The first-order valence-corrected chi connectivity index (χ1v) is 12.2. The number of nitrogens with one attached hydrogen (secondary N) is 2. The molecule has 0 fully saturated rings. The summed E-state index contributed by atoms with van der Waals surface area (Å²) in [6, 6.07) is 12.6. The van der Waals surface area contributed by atoms with Crippen molar-refractivity contribution in [2.45, 2.75) is 42.9 Å². The van der Waals surface area contributed by atoms with Crippen molar-refractivity contribution >= 4 is 33.4 Å². The van der Waals surface area contributed by atoms with E-state index in [0.717, 1.165) is 22.6 Å². The van der Waals surface area contributed by atoms with Crippen molar-refractivity contribution in [2.24, 2.45) is 0 Å². The number of hydrogen-bond acceptors (Lipinski definition) is 5. The predicted molar refractivity (Wildman–Crippen MR) is 118 cm³/mol. The Bertz CT molecular complexity index is 930. The molecule has 0 aromatic heterocycles. The molecule has 0 saturated carbocycles. The van der Waals surface area contributed by atoms with Gasteiger partial charge in [0.2, 0.25) is 15.9 Å². The second-order valence-electron chi connectivity index (χ2n) is 6.50. The van der Waals surface area contributed by atoms with Gasteiger partial charge in [0.15, 0.2) is 0 Å². The Morgan fingerprint density at radius 3 is 2.62 bits per heavy atom. The van der Waals surface area contributed by atoms with E-state index in [9.17, 15) is 13.2 Å². The molecule has 0 aliphatic heterocycles. The Balaban J connectivity index is 1.99. The Morgan fingerprint density at radius 2 is 1.93 bits per heavy atom. The summed E-state index contributed by atoms with van der Waals surface area (Å²) in [6.45, 7) is 4.42. The number of anilines is 1. The number of para-hydroxylation sites is 1. The maximum absolute atomic E-state index is 12.6. The summed E-state index contributed by atoms with van der Waals surface area (Å²) < 4.78 is 33.7. The van der Waals surface area contributed by atoms with Crippen LogP contribution in [0.15, 0.2) is 52.3 Å². The zero-order valence-corrected chi connectivity index (χ0v) is 18.7. The number of hydrogen-bond donors (Lipinski definition) is 2. The maximum atomic E-state index is 12.6. The standard InChI is InChI=1S/C21H28N2O4S2/c1-4-14-27-20-10-6-5-8-17(20)9-7-13-22-29(25,26)18-11-12-21(28-3)19(15-18)23-16(2)24/h5-6,8,10-12,15,22H,4,7,9,13-14H2,1-3H3,(H,23,24). The number of aryl methyl sites for hydroxylation is 1. The van der Waals surface area contributed by atoms with Gasteiger partial charge in [0, 0.05) is 18.4 Å². The van der Waals surface area contributed by atoms with Crippen LogP contribution in [0.3, 0.4) is 0 Å². The lowest BCUT2D eigenvalue weighted by Crippen LogP contribution is -2.25. The summed E-state index contributed by atoms with van der Waals surface area (Å²) in [5.41, 5.74) is 1.56. The number of amides is 1. The lowest BCUT2D eigenvalue weighted by molar-refractivity contribution is -0.114. The van der Waals surface area contributed by atoms with E-state index in [1.807, 2.05) is 30.5 Å². The van der Waals surface area contributed by atoms with Crippen LogP contribution in [-0.2, 0) is 21.2 Å². The molecule has 2 rings (SSSR count). The molecule has 0 aliphatic rings. The van der Waals surface area contributed by atoms with Gasteiger partial charge in [-0.1, -0.05) is 25.1 Å². The van der Waals surface area contributed by atoms with E-state index in [1.165, 1.54) is 24.8 Å². The molecule has 6 nitrogen and oxygen atoms in total. The SMILES string of the molecule is CCCOc1ccccc1CCCNS(=O)(=O)c1ccc(SC)c(NC(C)=O)c1. The number of rotatable bonds is 11. The Kier molecular flexibility index (Phi) is 9.00. The number of thioether (sulfide) groups is 1. The maximum Gasteiger partial charge on any atom is 0.240 e. The van der Waals surface area contributed by atoms with Crippen molar-refractivity contribution in [2.75, 3.05) is 24.7 Å². The minimum Gasteiger partial charge on any atom is -0.493 e. The second-order valence-corrected chi connectivity index (χ2v) is 9.12. The summed E-state index contributed by atoms with van der Waals surface area (Å²) in [7, 11) is -3.66. The van der Waals surface area contributed by atoms with Gasteiger partial charge in [0.25, 0.3) is 0 Å². The van der Waals surface area contributed by atoms with Crippen LogP contribution in [0.1, 0.15) is 32.3 Å². The van der Waals surface area contributed by atoms with Gasteiger partial charge in [-0.25, -0.2) is 13.1 Å². The molecule has 1 amide bonds. The monoisotopic (exact) mass is 436 g/mol. The first kappa shape index (κ1) is 23.3. The van der Waals surface area contributed by atoms with Crippen LogP contribution in [-0.4, -0.2) is 33.7 Å². The minimum absolute atomic E-state index is 0.130. The molecule has 158 valence electrons. The van der Waals surface area contributed by atoms with Crippen molar-refractivity contribution in [3.05, 3.63) is 48.0 Å². The Hall–Kier alpha value is -2.03. The molecule has 0 unspecified atom stereocenters. The number of sulfonamides is 1. The molecule has 2 aromatic rings. The molecule has 2 N–H and O–H groups in total. The van der Waals surface area contributed by atoms with Crippen LogP contribution in [0.5, 0.6) is 5.75 Å². The molecule has 29 heavy (non-hydrogen) atoms. The molecule has 0 saturated heterocycles. The predicted octanol–water partition coefficient (Wildman–Crippen LogP) is 4.07. The van der Waals surface area contributed by atoms with E-state index < -0.39 is 10.0 Å². The Morgan fingerprint density at radius 1 is 1.17 bits per heavy atom. The number of benzene rings is 2. The van der Waals surface area contributed by atoms with E-state index in [0.29, 0.717) is 31.7 Å². The van der Waals surface area contributed by atoms with Crippen LogP contribution < -0.4 is 14.8 Å². The van der Waals surface area contributed by atoms with Crippen LogP contribution >= 0.6 is 11.8 Å². The highest BCUT2D eigenvalue weighted by Crippen LogP contribution is 2.28. The molecule has 0 heterocycles. The molecule has 8 heteroatoms. The van der Waals surface area contributed by atoms with Gasteiger partial charge in [-0.05, 0) is 55.3 Å². The van der Waals surface area contributed by atoms with Crippen molar-refractivity contribution in [1.29, 1.82) is 0 Å². The van der Waals surface area contributed by atoms with Crippen LogP contribution in [0, 0.1) is 0 Å². The van der Waals surface area contributed by atoms with Gasteiger partial charge in [0.1, 0.15) is 5.75 Å². The van der Waals surface area contributed by atoms with Crippen molar-refractivity contribution in [3.8, 4) is 5.75 Å². The molecule has 0 atom stereocenters. The molecule has 2 aromatic carbocycles. The van der Waals surface area contributed by atoms with Crippen molar-refractivity contribution in [3.63, 3.8) is 0 Å². The average Bonchev–Trinajstić information content (AvgIpc) is 2.70. The van der Waals surface area contributed by atoms with E-state index in [4.69, 9.17) is 4.74 Å². The summed E-state index contributed by atoms with van der Waals surface area (Å²) in [5, 5.41) is 2.68. The van der Waals surface area contributed by atoms with Gasteiger partial charge < -0.3 is 10.1 Å². The highest BCUT2D eigenvalue weighted by molar-refractivity contribution is 7.98. The summed E-state index contributed by atoms with van der Waals surface area (Å²) >= 11 is 1.44. The zero-order chi connectivity index (χ0) is 21.3. The Labute approximate surface area is 177 Å². The molecule has 0 bridgehead atoms. The van der Waals surface area contributed by atoms with Gasteiger partial charge in [-0.15, -0.1) is 11.8 Å². The van der Waals surface area contributed by atoms with Crippen molar-refractivity contribution < 1.29 is 17.9 Å². The third-order valence-corrected chi connectivity index (χ3v) is 6.40. The summed E-state index contributed by atoms with van der Waals surface area (Å²) in [4.78, 5) is 12.3. The topological polar surface area (TPSA) is 84.5 Å². The van der Waals surface area contributed by atoms with Crippen LogP contribution in [0.2, 0.25) is 0 Å². The largest absolute Gasteiger partial charge is 0.493 e. The number of ether oxygens (including phenoxy) is 1. The first-order chi connectivity index (χ1) is 13.9. The van der Waals surface area contributed by atoms with E-state index in [2.05, 4.69) is 17.0 Å². The number of carbonyl (C=O) groups is 1. The fourth-order valence-electron chi connectivity index (χ4n) is 2.77. The summed E-state index contributed by atoms with van der Waals surface area (Å²) in [6.07, 6.45) is 4.16. The minimum atomic E-state index is -3.66. The quantitative estimate of drug-likeness (QED) is 0.410. The van der Waals surface area contributed by atoms with Gasteiger partial charge >= 0.3 is 0 Å². The second kappa shape index (κ2) is 11.2. The molecule has 0 spiro atoms. The fraction of sp³-hybridized carbons (Fsp3) is 0.381. The van der Waals surface area contributed by atoms with E-state index >= 15 is 0 Å². The van der Waals surface area contributed by atoms with Crippen LogP contribution in [0.4, 0.5) is 5.69 Å². The first-order valence-electron chi connectivity index (χ1n) is 9.53. The van der Waals surface area contributed by atoms with E-state index in [1.54, 1.807) is 12.1 Å². The smallest absolute Gasteiger partial charge is 0.240 e. The lowest BCUT2D eigenvalue weighted by atomic mass is 10.1. The van der Waals surface area contributed by atoms with Crippen LogP contribution in [0.25, 0.3) is 0 Å². The van der Waals surface area contributed by atoms with Crippen molar-refractivity contribution in [1.82, 2.24) is 4.72 Å². The van der Waals surface area contributed by atoms with Gasteiger partial charge in [-0.3, -0.25) is 4.79 Å². The molecule has 0 radical (unpaired) electrons. The number of carbonyl (C=O) groups excluding carboxylic acids is 1. The van der Waals surface area contributed by atoms with E-state index in [-0.39, 0.29) is 10.8 Å². The lowest BCUT2D eigenvalue weighted by Gasteiger charge is -2.13. The third kappa shape index (κ3) is 7.06. The molecule has 0 aliphatic carbocycles. The third-order valence-electron chi connectivity index (χ3n) is 4.14. The van der Waals surface area contributed by atoms with Gasteiger partial charge in [0.05, 0.1) is 17.2 Å². The normalized spacial score (nSPS) is 11.3.